The lowest BCUT2D eigenvalue weighted by atomic mass is 10.3. The SMILES string of the molecule is CSc1ccc(OC(C)CNC(C)C)cc1. The summed E-state index contributed by atoms with van der Waals surface area (Å²) in [5.41, 5.74) is 0. The van der Waals surface area contributed by atoms with E-state index in [0.717, 1.165) is 12.3 Å². The Hall–Kier alpha value is -0.670. The normalized spacial score (nSPS) is 12.8. The number of hydrogen-bond donors (Lipinski definition) is 1. The zero-order chi connectivity index (χ0) is 12.0. The molecule has 0 amide bonds. The van der Waals surface area contributed by atoms with Crippen LogP contribution >= 0.6 is 11.8 Å². The van der Waals surface area contributed by atoms with Crippen molar-refractivity contribution in [2.75, 3.05) is 12.8 Å². The van der Waals surface area contributed by atoms with E-state index in [-0.39, 0.29) is 6.10 Å². The van der Waals surface area contributed by atoms with E-state index >= 15 is 0 Å². The van der Waals surface area contributed by atoms with Crippen LogP contribution in [0.5, 0.6) is 5.75 Å². The highest BCUT2D eigenvalue weighted by molar-refractivity contribution is 7.98. The maximum absolute atomic E-state index is 5.79. The molecular weight excluding hydrogens is 218 g/mol. The van der Waals surface area contributed by atoms with E-state index < -0.39 is 0 Å². The summed E-state index contributed by atoms with van der Waals surface area (Å²) < 4.78 is 5.79. The molecule has 0 heterocycles. The van der Waals surface area contributed by atoms with Crippen molar-refractivity contribution in [3.8, 4) is 5.75 Å². The first-order valence-corrected chi connectivity index (χ1v) is 6.88. The van der Waals surface area contributed by atoms with Crippen LogP contribution in [-0.4, -0.2) is 24.9 Å². The molecule has 0 saturated heterocycles. The van der Waals surface area contributed by atoms with Crippen molar-refractivity contribution in [2.45, 2.75) is 37.8 Å². The van der Waals surface area contributed by atoms with Gasteiger partial charge in [-0.05, 0) is 37.4 Å². The number of ether oxygens (including phenoxy) is 1. The lowest BCUT2D eigenvalue weighted by molar-refractivity contribution is 0.213. The molecule has 0 fully saturated rings. The van der Waals surface area contributed by atoms with Crippen LogP contribution in [0.2, 0.25) is 0 Å². The van der Waals surface area contributed by atoms with E-state index in [1.165, 1.54) is 4.90 Å². The minimum absolute atomic E-state index is 0.197. The monoisotopic (exact) mass is 239 g/mol. The van der Waals surface area contributed by atoms with Gasteiger partial charge in [0.2, 0.25) is 0 Å². The number of nitrogens with one attached hydrogen (secondary N) is 1. The molecule has 0 spiro atoms. The third-order valence-electron chi connectivity index (χ3n) is 2.21. The lowest BCUT2D eigenvalue weighted by Gasteiger charge is -2.17. The van der Waals surface area contributed by atoms with Gasteiger partial charge < -0.3 is 10.1 Å². The van der Waals surface area contributed by atoms with Gasteiger partial charge in [-0.1, -0.05) is 13.8 Å². The molecule has 0 saturated carbocycles. The van der Waals surface area contributed by atoms with Gasteiger partial charge in [-0.25, -0.2) is 0 Å². The predicted octanol–water partition coefficient (Wildman–Crippen LogP) is 3.17. The summed E-state index contributed by atoms with van der Waals surface area (Å²) in [5.74, 6) is 0.941. The highest BCUT2D eigenvalue weighted by Gasteiger charge is 2.04. The number of hydrogen-bond acceptors (Lipinski definition) is 3. The molecule has 0 aliphatic rings. The molecule has 1 N–H and O–H groups in total. The van der Waals surface area contributed by atoms with Gasteiger partial charge in [0.15, 0.2) is 0 Å². The Kier molecular flexibility index (Phi) is 5.71. The maximum Gasteiger partial charge on any atom is 0.119 e. The van der Waals surface area contributed by atoms with Crippen molar-refractivity contribution in [1.82, 2.24) is 5.32 Å². The minimum atomic E-state index is 0.197. The fourth-order valence-corrected chi connectivity index (χ4v) is 1.74. The molecule has 0 aliphatic heterocycles. The summed E-state index contributed by atoms with van der Waals surface area (Å²) in [5, 5.41) is 3.36. The molecule has 1 aromatic carbocycles. The molecule has 0 aromatic heterocycles. The molecule has 3 heteroatoms. The van der Waals surface area contributed by atoms with E-state index in [9.17, 15) is 0 Å². The molecule has 0 aliphatic carbocycles. The molecule has 1 aromatic rings. The highest BCUT2D eigenvalue weighted by atomic mass is 32.2. The smallest absolute Gasteiger partial charge is 0.119 e. The van der Waals surface area contributed by atoms with Gasteiger partial charge in [0.25, 0.3) is 0 Å². The zero-order valence-corrected chi connectivity index (χ0v) is 11.3. The molecular formula is C13H21NOS. The third kappa shape index (κ3) is 4.90. The largest absolute Gasteiger partial charge is 0.489 e. The first-order chi connectivity index (χ1) is 7.61. The minimum Gasteiger partial charge on any atom is -0.489 e. The topological polar surface area (TPSA) is 21.3 Å². The zero-order valence-electron chi connectivity index (χ0n) is 10.5. The van der Waals surface area contributed by atoms with Crippen LogP contribution in [-0.2, 0) is 0 Å². The van der Waals surface area contributed by atoms with Crippen LogP contribution in [0.4, 0.5) is 0 Å². The Labute approximate surface area is 103 Å². The van der Waals surface area contributed by atoms with Gasteiger partial charge in [-0.3, -0.25) is 0 Å². The average molecular weight is 239 g/mol. The van der Waals surface area contributed by atoms with Crippen molar-refractivity contribution in [3.05, 3.63) is 24.3 Å². The molecule has 1 rings (SSSR count). The van der Waals surface area contributed by atoms with Crippen molar-refractivity contribution in [1.29, 1.82) is 0 Å². The molecule has 1 unspecified atom stereocenters. The second kappa shape index (κ2) is 6.81. The van der Waals surface area contributed by atoms with E-state index in [1.807, 2.05) is 12.1 Å². The second-order valence-electron chi connectivity index (χ2n) is 4.17. The van der Waals surface area contributed by atoms with Crippen molar-refractivity contribution in [2.24, 2.45) is 0 Å². The van der Waals surface area contributed by atoms with E-state index in [2.05, 4.69) is 44.5 Å². The lowest BCUT2D eigenvalue weighted by Crippen LogP contribution is -2.33. The fraction of sp³-hybridized carbons (Fsp3) is 0.538. The van der Waals surface area contributed by atoms with Crippen LogP contribution in [0.3, 0.4) is 0 Å². The Balaban J connectivity index is 2.40. The number of benzene rings is 1. The first-order valence-electron chi connectivity index (χ1n) is 5.66. The van der Waals surface area contributed by atoms with Crippen LogP contribution < -0.4 is 10.1 Å². The number of rotatable bonds is 6. The fourth-order valence-electron chi connectivity index (χ4n) is 1.33. The standard InChI is InChI=1S/C13H21NOS/c1-10(2)14-9-11(3)15-12-5-7-13(16-4)8-6-12/h5-8,10-11,14H,9H2,1-4H3. The second-order valence-corrected chi connectivity index (χ2v) is 5.05. The Morgan fingerprint density at radius 1 is 1.19 bits per heavy atom. The van der Waals surface area contributed by atoms with Crippen molar-refractivity contribution >= 4 is 11.8 Å². The van der Waals surface area contributed by atoms with E-state index in [1.54, 1.807) is 11.8 Å². The third-order valence-corrected chi connectivity index (χ3v) is 2.95. The summed E-state index contributed by atoms with van der Waals surface area (Å²) in [6.45, 7) is 7.24. The quantitative estimate of drug-likeness (QED) is 0.770. The maximum atomic E-state index is 5.79. The van der Waals surface area contributed by atoms with Gasteiger partial charge in [-0.2, -0.15) is 0 Å². The van der Waals surface area contributed by atoms with Gasteiger partial charge in [-0.15, -0.1) is 11.8 Å². The van der Waals surface area contributed by atoms with Gasteiger partial charge in [0.05, 0.1) is 0 Å². The van der Waals surface area contributed by atoms with Gasteiger partial charge >= 0.3 is 0 Å². The van der Waals surface area contributed by atoms with Crippen LogP contribution in [0.15, 0.2) is 29.2 Å². The first kappa shape index (κ1) is 13.4. The van der Waals surface area contributed by atoms with E-state index in [4.69, 9.17) is 4.74 Å². The van der Waals surface area contributed by atoms with Gasteiger partial charge in [0, 0.05) is 17.5 Å². The van der Waals surface area contributed by atoms with Crippen LogP contribution in [0.25, 0.3) is 0 Å². The van der Waals surface area contributed by atoms with Crippen molar-refractivity contribution in [3.63, 3.8) is 0 Å². The van der Waals surface area contributed by atoms with E-state index in [0.29, 0.717) is 6.04 Å². The number of thioether (sulfide) groups is 1. The molecule has 1 atom stereocenters. The Morgan fingerprint density at radius 2 is 1.81 bits per heavy atom. The Morgan fingerprint density at radius 3 is 2.31 bits per heavy atom. The summed E-state index contributed by atoms with van der Waals surface area (Å²) in [4.78, 5) is 1.26. The summed E-state index contributed by atoms with van der Waals surface area (Å²) in [7, 11) is 0. The van der Waals surface area contributed by atoms with Crippen LogP contribution in [0.1, 0.15) is 20.8 Å². The Bertz CT molecular complexity index is 297. The van der Waals surface area contributed by atoms with Crippen molar-refractivity contribution < 1.29 is 4.74 Å². The molecule has 2 nitrogen and oxygen atoms in total. The molecule has 16 heavy (non-hydrogen) atoms. The molecule has 0 radical (unpaired) electrons. The summed E-state index contributed by atoms with van der Waals surface area (Å²) in [6, 6.07) is 8.73. The average Bonchev–Trinajstić information content (AvgIpc) is 2.27. The summed E-state index contributed by atoms with van der Waals surface area (Å²) >= 11 is 1.74. The van der Waals surface area contributed by atoms with Crippen LogP contribution in [0, 0.1) is 0 Å². The summed E-state index contributed by atoms with van der Waals surface area (Å²) in [6.07, 6.45) is 2.27. The molecule has 90 valence electrons. The predicted molar refractivity (Wildman–Crippen MR) is 71.5 cm³/mol. The van der Waals surface area contributed by atoms with Gasteiger partial charge in [0.1, 0.15) is 11.9 Å². The molecule has 0 bridgehead atoms. The highest BCUT2D eigenvalue weighted by Crippen LogP contribution is 2.19.